The quantitative estimate of drug-likeness (QED) is 0.589. The van der Waals surface area contributed by atoms with Crippen molar-refractivity contribution in [2.24, 2.45) is 5.92 Å². The first-order chi connectivity index (χ1) is 8.02. The van der Waals surface area contributed by atoms with Crippen LogP contribution in [0.4, 0.5) is 5.69 Å². The van der Waals surface area contributed by atoms with E-state index in [1.807, 2.05) is 0 Å². The molecule has 0 aromatic heterocycles. The summed E-state index contributed by atoms with van der Waals surface area (Å²) in [6.45, 7) is 4.80. The molecule has 0 saturated heterocycles. The monoisotopic (exact) mass is 237 g/mol. The molecule has 4 heteroatoms. The number of anilines is 1. The number of carboxylic acids is 1. The van der Waals surface area contributed by atoms with Gasteiger partial charge in [-0.05, 0) is 30.9 Å². The van der Waals surface area contributed by atoms with Gasteiger partial charge in [0.25, 0.3) is 0 Å². The number of aromatic carboxylic acids is 1. The van der Waals surface area contributed by atoms with Gasteiger partial charge in [-0.3, -0.25) is 0 Å². The minimum absolute atomic E-state index is 0.0528. The van der Waals surface area contributed by atoms with Gasteiger partial charge in [-0.15, -0.1) is 0 Å². The molecule has 4 nitrogen and oxygen atoms in total. The van der Waals surface area contributed by atoms with Crippen molar-refractivity contribution >= 4 is 11.7 Å². The second kappa shape index (κ2) is 6.13. The van der Waals surface area contributed by atoms with Crippen LogP contribution in [0.25, 0.3) is 0 Å². The fourth-order valence-electron chi connectivity index (χ4n) is 1.57. The third-order valence-corrected chi connectivity index (χ3v) is 2.46. The Bertz CT molecular complexity index is 388. The number of hydrogen-bond donors (Lipinski definition) is 2. The lowest BCUT2D eigenvalue weighted by molar-refractivity contribution is 0.0693. The molecule has 0 bridgehead atoms. The maximum atomic E-state index is 11.0. The summed E-state index contributed by atoms with van der Waals surface area (Å²) in [7, 11) is 0. The van der Waals surface area contributed by atoms with E-state index in [-0.39, 0.29) is 11.3 Å². The van der Waals surface area contributed by atoms with E-state index in [1.165, 1.54) is 0 Å². The van der Waals surface area contributed by atoms with E-state index in [0.717, 1.165) is 12.8 Å². The molecule has 0 aliphatic carbocycles. The molecule has 0 fully saturated rings. The molecule has 3 N–H and O–H groups in total. The molecule has 0 spiro atoms. The van der Waals surface area contributed by atoms with Gasteiger partial charge in [0.15, 0.2) is 0 Å². The van der Waals surface area contributed by atoms with Crippen LogP contribution in [0.15, 0.2) is 18.2 Å². The summed E-state index contributed by atoms with van der Waals surface area (Å²) >= 11 is 0. The highest BCUT2D eigenvalue weighted by Gasteiger charge is 2.14. The molecule has 0 aliphatic heterocycles. The first kappa shape index (κ1) is 13.4. The molecule has 0 unspecified atom stereocenters. The lowest BCUT2D eigenvalue weighted by Gasteiger charge is -2.11. The molecule has 0 aliphatic rings. The average molecular weight is 237 g/mol. The summed E-state index contributed by atoms with van der Waals surface area (Å²) in [6, 6.07) is 4.89. The Morgan fingerprint density at radius 2 is 2.18 bits per heavy atom. The minimum atomic E-state index is -1.05. The molecule has 17 heavy (non-hydrogen) atoms. The van der Waals surface area contributed by atoms with Crippen molar-refractivity contribution in [3.8, 4) is 5.75 Å². The van der Waals surface area contributed by atoms with Crippen LogP contribution in [-0.4, -0.2) is 17.7 Å². The van der Waals surface area contributed by atoms with Gasteiger partial charge >= 0.3 is 5.97 Å². The normalized spacial score (nSPS) is 10.5. The lowest BCUT2D eigenvalue weighted by atomic mass is 10.1. The van der Waals surface area contributed by atoms with Gasteiger partial charge in [-0.1, -0.05) is 19.9 Å². The molecule has 0 heterocycles. The second-order valence-electron chi connectivity index (χ2n) is 4.41. The van der Waals surface area contributed by atoms with Gasteiger partial charge in [0.05, 0.1) is 6.61 Å². The van der Waals surface area contributed by atoms with Crippen molar-refractivity contribution in [2.75, 3.05) is 12.3 Å². The summed E-state index contributed by atoms with van der Waals surface area (Å²) in [5.41, 5.74) is 5.90. The SMILES string of the molecule is CC(C)CCCOc1cccc(N)c1C(=O)O. The van der Waals surface area contributed by atoms with E-state index in [9.17, 15) is 4.79 Å². The maximum Gasteiger partial charge on any atom is 0.341 e. The number of benzene rings is 1. The predicted molar refractivity (Wildman–Crippen MR) is 67.4 cm³/mol. The Kier molecular flexibility index (Phi) is 4.82. The Morgan fingerprint density at radius 3 is 2.76 bits per heavy atom. The predicted octanol–water partition coefficient (Wildman–Crippen LogP) is 2.78. The Morgan fingerprint density at radius 1 is 1.47 bits per heavy atom. The summed E-state index contributed by atoms with van der Waals surface area (Å²) in [6.07, 6.45) is 1.97. The highest BCUT2D eigenvalue weighted by atomic mass is 16.5. The standard InChI is InChI=1S/C13H19NO3/c1-9(2)5-4-8-17-11-7-3-6-10(14)12(11)13(15)16/h3,6-7,9H,4-5,8,14H2,1-2H3,(H,15,16). The van der Waals surface area contributed by atoms with Crippen molar-refractivity contribution in [1.82, 2.24) is 0 Å². The van der Waals surface area contributed by atoms with Crippen LogP contribution in [0.1, 0.15) is 37.0 Å². The zero-order valence-corrected chi connectivity index (χ0v) is 10.3. The highest BCUT2D eigenvalue weighted by molar-refractivity contribution is 5.96. The van der Waals surface area contributed by atoms with Crippen molar-refractivity contribution in [3.05, 3.63) is 23.8 Å². The van der Waals surface area contributed by atoms with Gasteiger partial charge in [0, 0.05) is 5.69 Å². The van der Waals surface area contributed by atoms with Crippen molar-refractivity contribution < 1.29 is 14.6 Å². The topological polar surface area (TPSA) is 72.5 Å². The zero-order valence-electron chi connectivity index (χ0n) is 10.3. The summed E-state index contributed by atoms with van der Waals surface area (Å²) in [5.74, 6) is -0.0818. The van der Waals surface area contributed by atoms with Crippen molar-refractivity contribution in [1.29, 1.82) is 0 Å². The first-order valence-corrected chi connectivity index (χ1v) is 5.77. The van der Waals surface area contributed by atoms with Gasteiger partial charge in [-0.25, -0.2) is 4.79 Å². The molecule has 0 radical (unpaired) electrons. The Labute approximate surface area is 101 Å². The number of nitrogen functional groups attached to an aromatic ring is 1. The lowest BCUT2D eigenvalue weighted by Crippen LogP contribution is -2.08. The molecule has 1 aromatic rings. The first-order valence-electron chi connectivity index (χ1n) is 5.77. The van der Waals surface area contributed by atoms with Gasteiger partial charge < -0.3 is 15.6 Å². The summed E-state index contributed by atoms with van der Waals surface area (Å²) in [5, 5.41) is 9.03. The van der Waals surface area contributed by atoms with E-state index in [1.54, 1.807) is 18.2 Å². The largest absolute Gasteiger partial charge is 0.493 e. The van der Waals surface area contributed by atoms with E-state index < -0.39 is 5.97 Å². The van der Waals surface area contributed by atoms with Crippen LogP contribution in [0.3, 0.4) is 0 Å². The molecule has 1 rings (SSSR count). The number of carbonyl (C=O) groups is 1. The smallest absolute Gasteiger partial charge is 0.341 e. The highest BCUT2D eigenvalue weighted by Crippen LogP contribution is 2.24. The Hall–Kier alpha value is -1.71. The number of hydrogen-bond acceptors (Lipinski definition) is 3. The van der Waals surface area contributed by atoms with Crippen LogP contribution < -0.4 is 10.5 Å². The van der Waals surface area contributed by atoms with Crippen molar-refractivity contribution in [3.63, 3.8) is 0 Å². The second-order valence-corrected chi connectivity index (χ2v) is 4.41. The van der Waals surface area contributed by atoms with Gasteiger partial charge in [0.2, 0.25) is 0 Å². The molecule has 0 atom stereocenters. The molecular formula is C13H19NO3. The van der Waals surface area contributed by atoms with Crippen molar-refractivity contribution in [2.45, 2.75) is 26.7 Å². The number of nitrogens with two attached hydrogens (primary N) is 1. The third kappa shape index (κ3) is 3.98. The Balaban J connectivity index is 2.64. The van der Waals surface area contributed by atoms with Crippen LogP contribution in [-0.2, 0) is 0 Å². The molecule has 0 saturated carbocycles. The molecule has 94 valence electrons. The average Bonchev–Trinajstić information content (AvgIpc) is 2.23. The number of rotatable bonds is 6. The maximum absolute atomic E-state index is 11.0. The molecule has 1 aromatic carbocycles. The zero-order chi connectivity index (χ0) is 12.8. The van der Waals surface area contributed by atoms with Gasteiger partial charge in [-0.2, -0.15) is 0 Å². The van der Waals surface area contributed by atoms with Crippen LogP contribution in [0.5, 0.6) is 5.75 Å². The van der Waals surface area contributed by atoms with E-state index in [2.05, 4.69) is 13.8 Å². The molecule has 0 amide bonds. The fourth-order valence-corrected chi connectivity index (χ4v) is 1.57. The fraction of sp³-hybridized carbons (Fsp3) is 0.462. The number of ether oxygens (including phenoxy) is 1. The summed E-state index contributed by atoms with van der Waals surface area (Å²) < 4.78 is 5.47. The van der Waals surface area contributed by atoms with Crippen LogP contribution >= 0.6 is 0 Å². The van der Waals surface area contributed by atoms with E-state index in [0.29, 0.717) is 18.3 Å². The van der Waals surface area contributed by atoms with Crippen LogP contribution in [0, 0.1) is 5.92 Å². The van der Waals surface area contributed by atoms with Crippen LogP contribution in [0.2, 0.25) is 0 Å². The number of carboxylic acid groups (broad SMARTS) is 1. The summed E-state index contributed by atoms with van der Waals surface area (Å²) in [4.78, 5) is 11.0. The third-order valence-electron chi connectivity index (χ3n) is 2.46. The molecular weight excluding hydrogens is 218 g/mol. The van der Waals surface area contributed by atoms with E-state index >= 15 is 0 Å². The van der Waals surface area contributed by atoms with E-state index in [4.69, 9.17) is 15.6 Å². The van der Waals surface area contributed by atoms with Gasteiger partial charge in [0.1, 0.15) is 11.3 Å². The minimum Gasteiger partial charge on any atom is -0.493 e.